The van der Waals surface area contributed by atoms with Crippen molar-refractivity contribution in [1.82, 2.24) is 4.90 Å². The Kier molecular flexibility index (Phi) is 2.64. The van der Waals surface area contributed by atoms with Crippen LogP contribution in [0.4, 0.5) is 0 Å². The van der Waals surface area contributed by atoms with Gasteiger partial charge in [-0.25, -0.2) is 0 Å². The van der Waals surface area contributed by atoms with E-state index in [0.29, 0.717) is 18.4 Å². The molecular weight excluding hydrogens is 262 g/mol. The number of likely N-dealkylation sites (tertiary alicyclic amines) is 1. The van der Waals surface area contributed by atoms with Crippen LogP contribution in [0, 0.1) is 11.3 Å². The van der Waals surface area contributed by atoms with Crippen LogP contribution in [0.3, 0.4) is 0 Å². The van der Waals surface area contributed by atoms with Crippen molar-refractivity contribution in [2.45, 2.75) is 19.4 Å². The van der Waals surface area contributed by atoms with Crippen LogP contribution in [0.5, 0.6) is 11.5 Å². The molecule has 0 bridgehead atoms. The van der Waals surface area contributed by atoms with Gasteiger partial charge >= 0.3 is 5.97 Å². The quantitative estimate of drug-likeness (QED) is 0.763. The van der Waals surface area contributed by atoms with Gasteiger partial charge in [0.25, 0.3) is 0 Å². The third kappa shape index (κ3) is 1.79. The molecule has 6 heteroatoms. The van der Waals surface area contributed by atoms with E-state index in [0.717, 1.165) is 0 Å². The van der Waals surface area contributed by atoms with Crippen LogP contribution < -0.4 is 0 Å². The summed E-state index contributed by atoms with van der Waals surface area (Å²) in [4.78, 5) is 25.1. The maximum Gasteiger partial charge on any atom is 0.309 e. The molecule has 1 unspecified atom stereocenters. The van der Waals surface area contributed by atoms with E-state index in [-0.39, 0.29) is 30.5 Å². The summed E-state index contributed by atoms with van der Waals surface area (Å²) in [5.41, 5.74) is -0.212. The largest absolute Gasteiger partial charge is 0.508 e. The van der Waals surface area contributed by atoms with Gasteiger partial charge < -0.3 is 20.2 Å². The number of phenolic OH excluding ortho intramolecular Hbond substituents is 2. The highest BCUT2D eigenvalue weighted by atomic mass is 16.4. The van der Waals surface area contributed by atoms with Gasteiger partial charge in [0, 0.05) is 24.7 Å². The molecule has 1 aromatic rings. The molecule has 1 amide bonds. The fourth-order valence-electron chi connectivity index (χ4n) is 2.98. The smallest absolute Gasteiger partial charge is 0.309 e. The van der Waals surface area contributed by atoms with Gasteiger partial charge in [-0.1, -0.05) is 0 Å². The molecule has 20 heavy (non-hydrogen) atoms. The first kappa shape index (κ1) is 12.8. The molecule has 1 heterocycles. The van der Waals surface area contributed by atoms with Crippen molar-refractivity contribution in [1.29, 1.82) is 0 Å². The number of hydrogen-bond acceptors (Lipinski definition) is 4. The van der Waals surface area contributed by atoms with Gasteiger partial charge in [-0.2, -0.15) is 0 Å². The summed E-state index contributed by atoms with van der Waals surface area (Å²) in [7, 11) is 0. The number of carboxylic acid groups (broad SMARTS) is 1. The van der Waals surface area contributed by atoms with E-state index < -0.39 is 17.3 Å². The molecule has 1 aliphatic heterocycles. The van der Waals surface area contributed by atoms with Crippen molar-refractivity contribution in [3.05, 3.63) is 23.8 Å². The molecule has 0 aromatic heterocycles. The minimum Gasteiger partial charge on any atom is -0.508 e. The highest BCUT2D eigenvalue weighted by Crippen LogP contribution is 2.57. The van der Waals surface area contributed by atoms with Gasteiger partial charge in [-0.05, 0) is 25.0 Å². The minimum absolute atomic E-state index is 0.0546. The lowest BCUT2D eigenvalue weighted by molar-refractivity contribution is -0.144. The molecule has 1 spiro atoms. The molecule has 1 saturated heterocycles. The first-order valence-electron chi connectivity index (χ1n) is 6.47. The SMILES string of the molecule is O=C(O)C1CN(Cc2ccc(O)cc2O)C(=O)C12CC2. The maximum absolute atomic E-state index is 12.3. The number of rotatable bonds is 3. The molecule has 1 saturated carbocycles. The lowest BCUT2D eigenvalue weighted by Crippen LogP contribution is -2.27. The van der Waals surface area contributed by atoms with Crippen LogP contribution >= 0.6 is 0 Å². The Bertz CT molecular complexity index is 593. The van der Waals surface area contributed by atoms with E-state index in [2.05, 4.69) is 0 Å². The van der Waals surface area contributed by atoms with Gasteiger partial charge in [-0.15, -0.1) is 0 Å². The van der Waals surface area contributed by atoms with Crippen LogP contribution in [0.2, 0.25) is 0 Å². The standard InChI is InChI=1S/C14H15NO5/c16-9-2-1-8(11(17)5-9)6-15-7-10(12(18)19)14(3-4-14)13(15)20/h1-2,5,10,16-17H,3-4,6-7H2,(H,18,19). The third-order valence-corrected chi connectivity index (χ3v) is 4.30. The summed E-state index contributed by atoms with van der Waals surface area (Å²) in [5, 5.41) is 28.2. The highest BCUT2D eigenvalue weighted by molar-refractivity contribution is 5.94. The number of carboxylic acids is 1. The van der Waals surface area contributed by atoms with Crippen LogP contribution in [0.1, 0.15) is 18.4 Å². The van der Waals surface area contributed by atoms with E-state index in [9.17, 15) is 24.9 Å². The van der Waals surface area contributed by atoms with Crippen molar-refractivity contribution < 1.29 is 24.9 Å². The summed E-state index contributed by atoms with van der Waals surface area (Å²) in [5.74, 6) is -1.89. The number of aliphatic carboxylic acids is 1. The molecule has 0 radical (unpaired) electrons. The Hall–Kier alpha value is -2.24. The molecule has 1 aliphatic carbocycles. The van der Waals surface area contributed by atoms with E-state index >= 15 is 0 Å². The summed E-state index contributed by atoms with van der Waals surface area (Å²) in [6, 6.07) is 4.17. The fraction of sp³-hybridized carbons (Fsp3) is 0.429. The number of aromatic hydroxyl groups is 2. The van der Waals surface area contributed by atoms with Crippen LogP contribution in [0.25, 0.3) is 0 Å². The van der Waals surface area contributed by atoms with E-state index in [1.165, 1.54) is 23.1 Å². The second-order valence-electron chi connectivity index (χ2n) is 5.55. The number of nitrogens with zero attached hydrogens (tertiary/aromatic N) is 1. The third-order valence-electron chi connectivity index (χ3n) is 4.30. The summed E-state index contributed by atoms with van der Waals surface area (Å²) in [6.07, 6.45) is 1.25. The average Bonchev–Trinajstić information content (AvgIpc) is 3.11. The molecule has 106 valence electrons. The average molecular weight is 277 g/mol. The van der Waals surface area contributed by atoms with Crippen molar-refractivity contribution in [2.24, 2.45) is 11.3 Å². The molecule has 3 rings (SSSR count). The van der Waals surface area contributed by atoms with Crippen molar-refractivity contribution in [3.8, 4) is 11.5 Å². The van der Waals surface area contributed by atoms with E-state index in [4.69, 9.17) is 0 Å². The lowest BCUT2D eigenvalue weighted by Gasteiger charge is -2.17. The first-order chi connectivity index (χ1) is 9.44. The lowest BCUT2D eigenvalue weighted by atomic mass is 9.93. The number of phenols is 2. The van der Waals surface area contributed by atoms with Crippen LogP contribution in [0.15, 0.2) is 18.2 Å². The van der Waals surface area contributed by atoms with Gasteiger partial charge in [-0.3, -0.25) is 9.59 Å². The zero-order valence-corrected chi connectivity index (χ0v) is 10.7. The Morgan fingerprint density at radius 3 is 2.55 bits per heavy atom. The van der Waals surface area contributed by atoms with Gasteiger partial charge in [0.15, 0.2) is 0 Å². The molecule has 3 N–H and O–H groups in total. The number of benzene rings is 1. The second-order valence-corrected chi connectivity index (χ2v) is 5.55. The summed E-state index contributed by atoms with van der Waals surface area (Å²) >= 11 is 0. The molecule has 2 fully saturated rings. The van der Waals surface area contributed by atoms with E-state index in [1.54, 1.807) is 0 Å². The predicted molar refractivity (Wildman–Crippen MR) is 68.0 cm³/mol. The minimum atomic E-state index is -0.937. The molecular formula is C14H15NO5. The van der Waals surface area contributed by atoms with Crippen LogP contribution in [-0.2, 0) is 16.1 Å². The molecule has 1 atom stereocenters. The Morgan fingerprint density at radius 2 is 2.05 bits per heavy atom. The molecule has 1 aromatic carbocycles. The van der Waals surface area contributed by atoms with Crippen LogP contribution in [-0.4, -0.2) is 38.6 Å². The Balaban J connectivity index is 1.82. The van der Waals surface area contributed by atoms with Crippen molar-refractivity contribution >= 4 is 11.9 Å². The number of carbonyl (C=O) groups excluding carboxylic acids is 1. The molecule has 2 aliphatic rings. The van der Waals surface area contributed by atoms with Gasteiger partial charge in [0.1, 0.15) is 11.5 Å². The fourth-order valence-corrected chi connectivity index (χ4v) is 2.98. The van der Waals surface area contributed by atoms with E-state index in [1.807, 2.05) is 0 Å². The number of amides is 1. The summed E-state index contributed by atoms with van der Waals surface area (Å²) < 4.78 is 0. The van der Waals surface area contributed by atoms with Crippen molar-refractivity contribution in [3.63, 3.8) is 0 Å². The highest BCUT2D eigenvalue weighted by Gasteiger charge is 2.64. The first-order valence-corrected chi connectivity index (χ1v) is 6.47. The summed E-state index contributed by atoms with van der Waals surface area (Å²) in [6.45, 7) is 0.338. The zero-order chi connectivity index (χ0) is 14.5. The van der Waals surface area contributed by atoms with Crippen molar-refractivity contribution in [2.75, 3.05) is 6.54 Å². The topological polar surface area (TPSA) is 98.1 Å². The number of carbonyl (C=O) groups is 2. The monoisotopic (exact) mass is 277 g/mol. The molecule has 6 nitrogen and oxygen atoms in total. The number of hydrogen-bond donors (Lipinski definition) is 3. The second kappa shape index (κ2) is 4.13. The van der Waals surface area contributed by atoms with Gasteiger partial charge in [0.2, 0.25) is 5.91 Å². The maximum atomic E-state index is 12.3. The Morgan fingerprint density at radius 1 is 1.35 bits per heavy atom. The zero-order valence-electron chi connectivity index (χ0n) is 10.7. The normalized spacial score (nSPS) is 23.3. The van der Waals surface area contributed by atoms with Gasteiger partial charge in [0.05, 0.1) is 11.3 Å². The predicted octanol–water partition coefficient (Wildman–Crippen LogP) is 0.921. The Labute approximate surface area is 115 Å².